The molecular weight excluding hydrogens is 370 g/mol. The van der Waals surface area contributed by atoms with Crippen LogP contribution in [0.5, 0.6) is 0 Å². The Morgan fingerprint density at radius 2 is 1.95 bits per heavy atom. The zero-order chi connectivity index (χ0) is 13.8. The molecule has 1 fully saturated rings. The van der Waals surface area contributed by atoms with Gasteiger partial charge < -0.3 is 5.32 Å². The van der Waals surface area contributed by atoms with Crippen LogP contribution in [-0.4, -0.2) is 11.9 Å². The minimum atomic E-state index is 0.0115. The first-order valence-electron chi connectivity index (χ1n) is 6.84. The summed E-state index contributed by atoms with van der Waals surface area (Å²) in [5.74, 6) is 0.643. The van der Waals surface area contributed by atoms with E-state index in [4.69, 9.17) is 0 Å². The summed E-state index contributed by atoms with van der Waals surface area (Å²) in [5.41, 5.74) is 0.700. The first kappa shape index (κ1) is 15.0. The summed E-state index contributed by atoms with van der Waals surface area (Å²) in [7, 11) is 0. The summed E-state index contributed by atoms with van der Waals surface area (Å²) in [6.07, 6.45) is 6.42. The van der Waals surface area contributed by atoms with Gasteiger partial charge in [0.2, 0.25) is 0 Å². The summed E-state index contributed by atoms with van der Waals surface area (Å²) in [6, 6.07) is 5.89. The molecule has 19 heavy (non-hydrogen) atoms. The van der Waals surface area contributed by atoms with Crippen LogP contribution in [0.15, 0.2) is 27.1 Å². The number of rotatable bonds is 3. The van der Waals surface area contributed by atoms with E-state index in [0.29, 0.717) is 11.5 Å². The molecule has 1 saturated carbocycles. The van der Waals surface area contributed by atoms with E-state index in [1.807, 2.05) is 18.2 Å². The van der Waals surface area contributed by atoms with E-state index in [9.17, 15) is 4.79 Å². The van der Waals surface area contributed by atoms with Gasteiger partial charge >= 0.3 is 0 Å². The molecule has 4 heteroatoms. The van der Waals surface area contributed by atoms with Crippen molar-refractivity contribution in [3.05, 3.63) is 32.7 Å². The summed E-state index contributed by atoms with van der Waals surface area (Å²) in [4.78, 5) is 12.3. The van der Waals surface area contributed by atoms with Gasteiger partial charge in [0.05, 0.1) is 5.56 Å². The molecule has 0 aromatic heterocycles. The van der Waals surface area contributed by atoms with Crippen LogP contribution in [0.25, 0.3) is 0 Å². The Kier molecular flexibility index (Phi) is 5.46. The highest BCUT2D eigenvalue weighted by Crippen LogP contribution is 2.27. The number of amides is 1. The summed E-state index contributed by atoms with van der Waals surface area (Å²) >= 11 is 6.84. The van der Waals surface area contributed by atoms with E-state index in [0.717, 1.165) is 8.95 Å². The molecule has 0 radical (unpaired) electrons. The van der Waals surface area contributed by atoms with Crippen molar-refractivity contribution in [3.63, 3.8) is 0 Å². The largest absolute Gasteiger partial charge is 0.349 e. The van der Waals surface area contributed by atoms with Crippen molar-refractivity contribution in [2.24, 2.45) is 5.92 Å². The second-order valence-corrected chi connectivity index (χ2v) is 7.05. The van der Waals surface area contributed by atoms with Crippen LogP contribution in [0, 0.1) is 5.92 Å². The molecule has 1 atom stereocenters. The van der Waals surface area contributed by atoms with Gasteiger partial charge in [-0.15, -0.1) is 0 Å². The van der Waals surface area contributed by atoms with Gasteiger partial charge in [-0.25, -0.2) is 0 Å². The highest BCUT2D eigenvalue weighted by molar-refractivity contribution is 9.11. The molecule has 1 aliphatic rings. The maximum atomic E-state index is 12.3. The monoisotopic (exact) mass is 387 g/mol. The Balaban J connectivity index is 1.99. The van der Waals surface area contributed by atoms with Gasteiger partial charge in [0.25, 0.3) is 5.91 Å². The minimum Gasteiger partial charge on any atom is -0.349 e. The second-order valence-electron chi connectivity index (χ2n) is 5.28. The lowest BCUT2D eigenvalue weighted by Gasteiger charge is -2.28. The Morgan fingerprint density at radius 1 is 1.26 bits per heavy atom. The first-order valence-corrected chi connectivity index (χ1v) is 8.42. The predicted octanol–water partition coefficient (Wildman–Crippen LogP) is 4.91. The van der Waals surface area contributed by atoms with Crippen LogP contribution in [0.1, 0.15) is 49.4 Å². The van der Waals surface area contributed by atoms with E-state index in [-0.39, 0.29) is 11.9 Å². The minimum absolute atomic E-state index is 0.0115. The van der Waals surface area contributed by atoms with Crippen molar-refractivity contribution >= 4 is 37.8 Å². The summed E-state index contributed by atoms with van der Waals surface area (Å²) in [5, 5.41) is 3.14. The molecule has 1 aliphatic carbocycles. The number of hydrogen-bond acceptors (Lipinski definition) is 1. The van der Waals surface area contributed by atoms with E-state index in [2.05, 4.69) is 44.1 Å². The van der Waals surface area contributed by atoms with Crippen LogP contribution in [0.2, 0.25) is 0 Å². The number of nitrogens with one attached hydrogen (secondary N) is 1. The van der Waals surface area contributed by atoms with Crippen molar-refractivity contribution in [1.29, 1.82) is 0 Å². The van der Waals surface area contributed by atoms with Crippen molar-refractivity contribution in [2.75, 3.05) is 0 Å². The molecule has 1 aromatic carbocycles. The Bertz CT molecular complexity index is 455. The molecule has 2 rings (SSSR count). The molecular formula is C15H19Br2NO. The van der Waals surface area contributed by atoms with Gasteiger partial charge in [-0.2, -0.15) is 0 Å². The molecule has 104 valence electrons. The second kappa shape index (κ2) is 6.89. The molecule has 0 saturated heterocycles. The fourth-order valence-corrected chi connectivity index (χ4v) is 3.94. The maximum Gasteiger partial charge on any atom is 0.252 e. The van der Waals surface area contributed by atoms with Gasteiger partial charge in [-0.05, 0) is 59.8 Å². The van der Waals surface area contributed by atoms with Crippen LogP contribution in [-0.2, 0) is 0 Å². The van der Waals surface area contributed by atoms with E-state index in [1.165, 1.54) is 32.1 Å². The number of halogens is 2. The van der Waals surface area contributed by atoms with Gasteiger partial charge in [0.1, 0.15) is 0 Å². The number of hydrogen-bond donors (Lipinski definition) is 1. The lowest BCUT2D eigenvalue weighted by atomic mass is 9.84. The van der Waals surface area contributed by atoms with Crippen molar-refractivity contribution in [3.8, 4) is 0 Å². The van der Waals surface area contributed by atoms with Gasteiger partial charge in [0, 0.05) is 15.0 Å². The number of carbonyl (C=O) groups is 1. The fourth-order valence-electron chi connectivity index (χ4n) is 2.71. The van der Waals surface area contributed by atoms with Gasteiger partial charge in [-0.1, -0.05) is 35.2 Å². The molecule has 0 heterocycles. The van der Waals surface area contributed by atoms with Crippen molar-refractivity contribution in [2.45, 2.75) is 45.1 Å². The fraction of sp³-hybridized carbons (Fsp3) is 0.533. The van der Waals surface area contributed by atoms with Gasteiger partial charge in [0.15, 0.2) is 0 Å². The quantitative estimate of drug-likeness (QED) is 0.782. The number of carbonyl (C=O) groups excluding carboxylic acids is 1. The van der Waals surface area contributed by atoms with Crippen molar-refractivity contribution < 1.29 is 4.79 Å². The van der Waals surface area contributed by atoms with Crippen molar-refractivity contribution in [1.82, 2.24) is 5.32 Å². The van der Waals surface area contributed by atoms with Crippen LogP contribution < -0.4 is 5.32 Å². The Hall–Kier alpha value is -0.350. The SMILES string of the molecule is CC(NC(=O)c1ccc(Br)cc1Br)C1CCCCC1. The molecule has 2 nitrogen and oxygen atoms in total. The van der Waals surface area contributed by atoms with E-state index in [1.54, 1.807) is 0 Å². The molecule has 1 aromatic rings. The average molecular weight is 389 g/mol. The Labute approximate surface area is 131 Å². The highest BCUT2D eigenvalue weighted by atomic mass is 79.9. The third kappa shape index (κ3) is 4.06. The lowest BCUT2D eigenvalue weighted by Crippen LogP contribution is -2.39. The smallest absolute Gasteiger partial charge is 0.252 e. The zero-order valence-corrected chi connectivity index (χ0v) is 14.3. The summed E-state index contributed by atoms with van der Waals surface area (Å²) < 4.78 is 1.80. The molecule has 1 N–H and O–H groups in total. The van der Waals surface area contributed by atoms with Gasteiger partial charge in [-0.3, -0.25) is 4.79 Å². The Morgan fingerprint density at radius 3 is 2.58 bits per heavy atom. The van der Waals surface area contributed by atoms with E-state index < -0.39 is 0 Å². The molecule has 0 spiro atoms. The maximum absolute atomic E-state index is 12.3. The third-order valence-corrected chi connectivity index (χ3v) is 5.04. The van der Waals surface area contributed by atoms with Crippen LogP contribution in [0.3, 0.4) is 0 Å². The van der Waals surface area contributed by atoms with Crippen LogP contribution in [0.4, 0.5) is 0 Å². The van der Waals surface area contributed by atoms with E-state index >= 15 is 0 Å². The zero-order valence-electron chi connectivity index (χ0n) is 11.1. The molecule has 1 unspecified atom stereocenters. The first-order chi connectivity index (χ1) is 9.08. The third-order valence-electron chi connectivity index (χ3n) is 3.89. The average Bonchev–Trinajstić information content (AvgIpc) is 2.39. The lowest BCUT2D eigenvalue weighted by molar-refractivity contribution is 0.0918. The standard InChI is InChI=1S/C15H19Br2NO/c1-10(11-5-3-2-4-6-11)18-15(19)13-8-7-12(16)9-14(13)17/h7-11H,2-6H2,1H3,(H,18,19). The molecule has 0 bridgehead atoms. The summed E-state index contributed by atoms with van der Waals surface area (Å²) in [6.45, 7) is 2.13. The molecule has 0 aliphatic heterocycles. The van der Waals surface area contributed by atoms with Crippen LogP contribution >= 0.6 is 31.9 Å². The normalized spacial score (nSPS) is 18.1. The predicted molar refractivity (Wildman–Crippen MR) is 85.3 cm³/mol. The topological polar surface area (TPSA) is 29.1 Å². The molecule has 1 amide bonds. The number of benzene rings is 1. The highest BCUT2D eigenvalue weighted by Gasteiger charge is 2.22.